The second kappa shape index (κ2) is 6.85. The first-order chi connectivity index (χ1) is 10.5. The number of anilines is 1. The molecule has 0 aromatic carbocycles. The molecule has 0 fully saturated rings. The van der Waals surface area contributed by atoms with E-state index in [1.807, 2.05) is 4.90 Å². The number of terminal acetylenes is 1. The van der Waals surface area contributed by atoms with Crippen molar-refractivity contribution in [2.75, 3.05) is 18.0 Å². The standard InChI is InChI=1S/C17H20N2O2S/c1-4-7-19(10-12(3)17(20)21)16-14(9-18)13-6-5-11(2)8-15(13)22-16/h1,11-12H,5-8,10H2,2-3H3,(H,20,21). The molecule has 2 unspecified atom stereocenters. The average Bonchev–Trinajstić information content (AvgIpc) is 2.83. The summed E-state index contributed by atoms with van der Waals surface area (Å²) in [6.45, 7) is 4.53. The second-order valence-corrected chi connectivity index (χ2v) is 7.05. The molecular formula is C17H20N2O2S. The van der Waals surface area contributed by atoms with Crippen molar-refractivity contribution in [3.8, 4) is 18.4 Å². The molecule has 0 spiro atoms. The molecule has 0 saturated carbocycles. The maximum Gasteiger partial charge on any atom is 0.308 e. The van der Waals surface area contributed by atoms with Gasteiger partial charge in [-0.15, -0.1) is 17.8 Å². The number of carbonyl (C=O) groups is 1. The van der Waals surface area contributed by atoms with Gasteiger partial charge in [0.25, 0.3) is 0 Å². The van der Waals surface area contributed by atoms with Crippen molar-refractivity contribution < 1.29 is 9.90 Å². The number of hydrogen-bond donors (Lipinski definition) is 1. The van der Waals surface area contributed by atoms with Crippen LogP contribution < -0.4 is 4.90 Å². The van der Waals surface area contributed by atoms with E-state index in [4.69, 9.17) is 11.5 Å². The number of hydrogen-bond acceptors (Lipinski definition) is 4. The van der Waals surface area contributed by atoms with Gasteiger partial charge in [0.15, 0.2) is 0 Å². The summed E-state index contributed by atoms with van der Waals surface area (Å²) in [4.78, 5) is 14.2. The van der Waals surface area contributed by atoms with Crippen LogP contribution in [0.1, 0.15) is 36.3 Å². The Morgan fingerprint density at radius 1 is 1.64 bits per heavy atom. The van der Waals surface area contributed by atoms with Crippen LogP contribution in [0.15, 0.2) is 0 Å². The molecule has 0 aliphatic heterocycles. The number of fused-ring (bicyclic) bond motifs is 1. The highest BCUT2D eigenvalue weighted by Crippen LogP contribution is 2.41. The van der Waals surface area contributed by atoms with Gasteiger partial charge in [0.2, 0.25) is 0 Å². The first-order valence-electron chi connectivity index (χ1n) is 7.43. The van der Waals surface area contributed by atoms with Crippen LogP contribution in [0.2, 0.25) is 0 Å². The van der Waals surface area contributed by atoms with E-state index in [2.05, 4.69) is 18.9 Å². The SMILES string of the molecule is C#CCN(CC(C)C(=O)O)c1sc2c(c1C#N)CCC(C)C2. The third kappa shape index (κ3) is 3.26. The Kier molecular flexibility index (Phi) is 5.11. The van der Waals surface area contributed by atoms with Crippen LogP contribution in [0.5, 0.6) is 0 Å². The molecule has 1 aliphatic rings. The van der Waals surface area contributed by atoms with E-state index in [1.165, 1.54) is 4.88 Å². The highest BCUT2D eigenvalue weighted by Gasteiger charge is 2.27. The van der Waals surface area contributed by atoms with Crippen LogP contribution in [0, 0.1) is 35.5 Å². The van der Waals surface area contributed by atoms with E-state index in [1.54, 1.807) is 18.3 Å². The van der Waals surface area contributed by atoms with Crippen LogP contribution in [-0.2, 0) is 17.6 Å². The molecule has 116 valence electrons. The summed E-state index contributed by atoms with van der Waals surface area (Å²) in [5.41, 5.74) is 1.84. The predicted octanol–water partition coefficient (Wildman–Crippen LogP) is 2.90. The van der Waals surface area contributed by atoms with Crippen LogP contribution in [0.4, 0.5) is 5.00 Å². The molecule has 0 amide bonds. The Balaban J connectivity index is 2.38. The fourth-order valence-electron chi connectivity index (χ4n) is 2.81. The third-order valence-electron chi connectivity index (χ3n) is 4.09. The number of nitrogens with zero attached hydrogens (tertiary/aromatic N) is 2. The molecule has 0 bridgehead atoms. The van der Waals surface area contributed by atoms with Gasteiger partial charge < -0.3 is 10.0 Å². The van der Waals surface area contributed by atoms with Gasteiger partial charge in [-0.2, -0.15) is 5.26 Å². The zero-order valence-electron chi connectivity index (χ0n) is 12.9. The van der Waals surface area contributed by atoms with Gasteiger partial charge in [-0.05, 0) is 30.7 Å². The number of aliphatic carboxylic acids is 1. The Labute approximate surface area is 135 Å². The van der Waals surface area contributed by atoms with Crippen molar-refractivity contribution in [1.82, 2.24) is 0 Å². The summed E-state index contributed by atoms with van der Waals surface area (Å²) >= 11 is 1.61. The van der Waals surface area contributed by atoms with Gasteiger partial charge in [-0.25, -0.2) is 0 Å². The van der Waals surface area contributed by atoms with Crippen molar-refractivity contribution in [1.29, 1.82) is 5.26 Å². The van der Waals surface area contributed by atoms with E-state index in [9.17, 15) is 10.1 Å². The number of thiophene rings is 1. The quantitative estimate of drug-likeness (QED) is 0.848. The maximum atomic E-state index is 11.1. The Morgan fingerprint density at radius 3 is 2.95 bits per heavy atom. The van der Waals surface area contributed by atoms with Crippen LogP contribution >= 0.6 is 11.3 Å². The predicted molar refractivity (Wildman–Crippen MR) is 88.1 cm³/mol. The first-order valence-corrected chi connectivity index (χ1v) is 8.25. The third-order valence-corrected chi connectivity index (χ3v) is 5.41. The summed E-state index contributed by atoms with van der Waals surface area (Å²) < 4.78 is 0. The normalized spacial score (nSPS) is 17.9. The van der Waals surface area contributed by atoms with Crippen LogP contribution in [0.25, 0.3) is 0 Å². The van der Waals surface area contributed by atoms with E-state index < -0.39 is 11.9 Å². The summed E-state index contributed by atoms with van der Waals surface area (Å²) in [6, 6.07) is 2.31. The van der Waals surface area contributed by atoms with Gasteiger partial charge in [0.1, 0.15) is 11.1 Å². The minimum absolute atomic E-state index is 0.321. The van der Waals surface area contributed by atoms with Crippen molar-refractivity contribution in [3.05, 3.63) is 16.0 Å². The van der Waals surface area contributed by atoms with Gasteiger partial charge >= 0.3 is 5.97 Å². The van der Waals surface area contributed by atoms with E-state index >= 15 is 0 Å². The number of rotatable bonds is 5. The molecule has 22 heavy (non-hydrogen) atoms. The minimum Gasteiger partial charge on any atom is -0.481 e. The number of carboxylic acid groups (broad SMARTS) is 1. The summed E-state index contributed by atoms with van der Waals surface area (Å²) in [5, 5.41) is 19.5. The van der Waals surface area contributed by atoms with Gasteiger partial charge in [0.05, 0.1) is 18.0 Å². The van der Waals surface area contributed by atoms with Gasteiger partial charge in [-0.3, -0.25) is 4.79 Å². The topological polar surface area (TPSA) is 64.3 Å². The molecule has 1 N–H and O–H groups in total. The minimum atomic E-state index is -0.851. The summed E-state index contributed by atoms with van der Waals surface area (Å²) in [6.07, 6.45) is 8.45. The Morgan fingerprint density at radius 2 is 2.36 bits per heavy atom. The zero-order chi connectivity index (χ0) is 16.3. The van der Waals surface area contributed by atoms with Crippen molar-refractivity contribution in [3.63, 3.8) is 0 Å². The Bertz CT molecular complexity index is 651. The fourth-order valence-corrected chi connectivity index (χ4v) is 4.28. The molecule has 2 rings (SSSR count). The maximum absolute atomic E-state index is 11.1. The Hall–Kier alpha value is -1.98. The molecule has 1 aromatic heterocycles. The van der Waals surface area contributed by atoms with E-state index in [-0.39, 0.29) is 0 Å². The van der Waals surface area contributed by atoms with E-state index in [0.29, 0.717) is 24.6 Å². The molecule has 2 atom stereocenters. The largest absolute Gasteiger partial charge is 0.481 e. The monoisotopic (exact) mass is 316 g/mol. The lowest BCUT2D eigenvalue weighted by atomic mass is 9.88. The lowest BCUT2D eigenvalue weighted by Gasteiger charge is -2.23. The van der Waals surface area contributed by atoms with Gasteiger partial charge in [-0.1, -0.05) is 19.8 Å². The van der Waals surface area contributed by atoms with Gasteiger partial charge in [0, 0.05) is 11.4 Å². The first kappa shape index (κ1) is 16.4. The average molecular weight is 316 g/mol. The summed E-state index contributed by atoms with van der Waals surface area (Å²) in [5.74, 6) is 1.83. The molecule has 5 heteroatoms. The molecule has 0 radical (unpaired) electrons. The molecule has 1 heterocycles. The zero-order valence-corrected chi connectivity index (χ0v) is 13.7. The lowest BCUT2D eigenvalue weighted by molar-refractivity contribution is -0.140. The highest BCUT2D eigenvalue weighted by molar-refractivity contribution is 7.16. The van der Waals surface area contributed by atoms with Crippen LogP contribution in [-0.4, -0.2) is 24.2 Å². The molecular weight excluding hydrogens is 296 g/mol. The summed E-state index contributed by atoms with van der Waals surface area (Å²) in [7, 11) is 0. The van der Waals surface area contributed by atoms with Crippen LogP contribution in [0.3, 0.4) is 0 Å². The highest BCUT2D eigenvalue weighted by atomic mass is 32.1. The number of nitriles is 1. The van der Waals surface area contributed by atoms with Crippen molar-refractivity contribution >= 4 is 22.3 Å². The molecule has 4 nitrogen and oxygen atoms in total. The van der Waals surface area contributed by atoms with E-state index in [0.717, 1.165) is 29.8 Å². The fraction of sp³-hybridized carbons (Fsp3) is 0.529. The van der Waals surface area contributed by atoms with Crippen molar-refractivity contribution in [2.45, 2.75) is 33.1 Å². The molecule has 1 aromatic rings. The molecule has 1 aliphatic carbocycles. The van der Waals surface area contributed by atoms with Crippen molar-refractivity contribution in [2.24, 2.45) is 11.8 Å². The molecule has 0 saturated heterocycles. The lowest BCUT2D eigenvalue weighted by Crippen LogP contribution is -2.32. The number of carboxylic acids is 1. The second-order valence-electron chi connectivity index (χ2n) is 5.97. The smallest absolute Gasteiger partial charge is 0.308 e.